The van der Waals surface area contributed by atoms with Gasteiger partial charge in [0.1, 0.15) is 5.37 Å². The number of carbonyl (C=O) groups is 1. The van der Waals surface area contributed by atoms with E-state index < -0.39 is 15.2 Å². The van der Waals surface area contributed by atoms with E-state index in [0.717, 1.165) is 5.75 Å². The third kappa shape index (κ3) is 3.57. The molecule has 0 bridgehead atoms. The lowest BCUT2D eigenvalue weighted by Gasteiger charge is -2.35. The highest BCUT2D eigenvalue weighted by Crippen LogP contribution is 2.29. The van der Waals surface area contributed by atoms with Gasteiger partial charge in [-0.2, -0.15) is 11.8 Å². The minimum Gasteiger partial charge on any atom is -0.320 e. The summed E-state index contributed by atoms with van der Waals surface area (Å²) in [7, 11) is -3.32. The first-order chi connectivity index (χ1) is 9.88. The molecule has 1 amide bonds. The second-order valence-corrected chi connectivity index (χ2v) is 9.41. The maximum absolute atomic E-state index is 12.7. The maximum Gasteiger partial charge on any atom is 0.256 e. The van der Waals surface area contributed by atoms with E-state index >= 15 is 0 Å². The van der Waals surface area contributed by atoms with E-state index in [1.54, 1.807) is 36.9 Å². The van der Waals surface area contributed by atoms with Crippen LogP contribution in [-0.4, -0.2) is 48.4 Å². The fourth-order valence-corrected chi connectivity index (χ4v) is 5.67. The van der Waals surface area contributed by atoms with Crippen LogP contribution in [0.3, 0.4) is 0 Å². The van der Waals surface area contributed by atoms with Crippen molar-refractivity contribution in [1.82, 2.24) is 4.90 Å². The third-order valence-corrected chi connectivity index (χ3v) is 7.93. The molecule has 0 saturated carbocycles. The Morgan fingerprint density at radius 2 is 2.24 bits per heavy atom. The topological polar surface area (TPSA) is 54.5 Å². The van der Waals surface area contributed by atoms with Crippen LogP contribution in [0.4, 0.5) is 0 Å². The van der Waals surface area contributed by atoms with Crippen molar-refractivity contribution in [3.8, 4) is 0 Å². The Labute approximate surface area is 142 Å². The highest BCUT2D eigenvalue weighted by atomic mass is 79.9. The van der Waals surface area contributed by atoms with E-state index in [4.69, 9.17) is 11.6 Å². The number of sulfone groups is 1. The smallest absolute Gasteiger partial charge is 0.256 e. The Hall–Kier alpha value is -0.240. The lowest BCUT2D eigenvalue weighted by molar-refractivity contribution is 0.0749. The van der Waals surface area contributed by atoms with E-state index in [1.165, 1.54) is 4.90 Å². The Balaban J connectivity index is 2.38. The summed E-state index contributed by atoms with van der Waals surface area (Å²) >= 11 is 11.0. The van der Waals surface area contributed by atoms with Crippen LogP contribution in [0.25, 0.3) is 0 Å². The summed E-state index contributed by atoms with van der Waals surface area (Å²) in [6.45, 7) is 2.01. The normalized spacial score (nSPS) is 19.6. The SMILES string of the molecule is CCS(=O)(=O)C1CSCCN1C(=O)c1cccc(Br)c1Cl. The van der Waals surface area contributed by atoms with Gasteiger partial charge in [-0.3, -0.25) is 4.79 Å². The highest BCUT2D eigenvalue weighted by molar-refractivity contribution is 9.10. The van der Waals surface area contributed by atoms with E-state index in [2.05, 4.69) is 15.9 Å². The molecular weight excluding hydrogens is 398 g/mol. The molecule has 1 fully saturated rings. The minimum absolute atomic E-state index is 0.0220. The number of thioether (sulfide) groups is 1. The number of halogens is 2. The number of nitrogens with zero attached hydrogens (tertiary/aromatic N) is 1. The van der Waals surface area contributed by atoms with Gasteiger partial charge >= 0.3 is 0 Å². The molecule has 8 heteroatoms. The number of amides is 1. The zero-order valence-corrected chi connectivity index (χ0v) is 15.4. The van der Waals surface area contributed by atoms with Gasteiger partial charge in [0.05, 0.1) is 10.6 Å². The summed E-state index contributed by atoms with van der Waals surface area (Å²) in [5.41, 5.74) is 0.328. The van der Waals surface area contributed by atoms with Gasteiger partial charge in [0, 0.05) is 28.3 Å². The summed E-state index contributed by atoms with van der Waals surface area (Å²) in [5.74, 6) is 0.832. The molecular formula is C13H15BrClNO3S2. The standard InChI is InChI=1S/C13H15BrClNO3S2/c1-2-21(18,19)11-8-20-7-6-16(11)13(17)9-4-3-5-10(14)12(9)15/h3-5,11H,2,6-8H2,1H3. The number of benzene rings is 1. The van der Waals surface area contributed by atoms with E-state index in [0.29, 0.717) is 27.4 Å². The highest BCUT2D eigenvalue weighted by Gasteiger charge is 2.36. The van der Waals surface area contributed by atoms with Gasteiger partial charge in [-0.25, -0.2) is 8.42 Å². The molecule has 1 heterocycles. The third-order valence-electron chi connectivity index (χ3n) is 3.34. The molecule has 1 unspecified atom stereocenters. The van der Waals surface area contributed by atoms with E-state index in [1.807, 2.05) is 0 Å². The summed E-state index contributed by atoms with van der Waals surface area (Å²) in [5, 5.41) is -0.461. The van der Waals surface area contributed by atoms with Crippen molar-refractivity contribution >= 4 is 55.0 Å². The molecule has 0 aromatic heterocycles. The van der Waals surface area contributed by atoms with Crippen molar-refractivity contribution in [2.75, 3.05) is 23.8 Å². The summed E-state index contributed by atoms with van der Waals surface area (Å²) in [6.07, 6.45) is 0. The van der Waals surface area contributed by atoms with Crippen LogP contribution < -0.4 is 0 Å². The molecule has 116 valence electrons. The zero-order chi connectivity index (χ0) is 15.6. The second-order valence-electron chi connectivity index (χ2n) is 4.58. The maximum atomic E-state index is 12.7. The van der Waals surface area contributed by atoms with Crippen LogP contribution in [0.1, 0.15) is 17.3 Å². The average molecular weight is 413 g/mol. The molecule has 1 aromatic rings. The Kier molecular flexibility index (Phi) is 5.62. The van der Waals surface area contributed by atoms with Crippen LogP contribution in [0.5, 0.6) is 0 Å². The quantitative estimate of drug-likeness (QED) is 0.765. The van der Waals surface area contributed by atoms with Crippen LogP contribution in [0, 0.1) is 0 Å². The van der Waals surface area contributed by atoms with Crippen molar-refractivity contribution < 1.29 is 13.2 Å². The second kappa shape index (κ2) is 6.89. The molecule has 1 aliphatic heterocycles. The van der Waals surface area contributed by atoms with Crippen LogP contribution in [-0.2, 0) is 9.84 Å². The number of hydrogen-bond acceptors (Lipinski definition) is 4. The van der Waals surface area contributed by atoms with Gasteiger partial charge in [-0.15, -0.1) is 0 Å². The van der Waals surface area contributed by atoms with Gasteiger partial charge in [0.25, 0.3) is 5.91 Å². The Morgan fingerprint density at radius 3 is 2.90 bits per heavy atom. The molecule has 0 radical (unpaired) electrons. The average Bonchev–Trinajstić information content (AvgIpc) is 2.49. The monoisotopic (exact) mass is 411 g/mol. The molecule has 2 rings (SSSR count). The van der Waals surface area contributed by atoms with Crippen LogP contribution in [0.2, 0.25) is 5.02 Å². The molecule has 0 N–H and O–H groups in total. The predicted molar refractivity (Wildman–Crippen MR) is 90.8 cm³/mol. The molecule has 1 atom stereocenters. The fourth-order valence-electron chi connectivity index (χ4n) is 2.13. The summed E-state index contributed by atoms with van der Waals surface area (Å²) in [6, 6.07) is 5.07. The zero-order valence-electron chi connectivity index (χ0n) is 11.4. The molecule has 0 spiro atoms. The van der Waals surface area contributed by atoms with Crippen LogP contribution in [0.15, 0.2) is 22.7 Å². The molecule has 0 aliphatic carbocycles. The predicted octanol–water partition coefficient (Wildman–Crippen LogP) is 3.05. The molecule has 21 heavy (non-hydrogen) atoms. The number of rotatable bonds is 3. The lowest BCUT2D eigenvalue weighted by Crippen LogP contribution is -2.50. The molecule has 4 nitrogen and oxygen atoms in total. The number of carbonyl (C=O) groups excluding carboxylic acids is 1. The first-order valence-corrected chi connectivity index (χ1v) is 10.5. The minimum atomic E-state index is -3.32. The lowest BCUT2D eigenvalue weighted by atomic mass is 10.2. The number of hydrogen-bond donors (Lipinski definition) is 0. The Bertz CT molecular complexity index is 651. The summed E-state index contributed by atoms with van der Waals surface area (Å²) < 4.78 is 25.0. The van der Waals surface area contributed by atoms with Gasteiger partial charge in [0.2, 0.25) is 0 Å². The van der Waals surface area contributed by atoms with Gasteiger partial charge in [0.15, 0.2) is 9.84 Å². The van der Waals surface area contributed by atoms with Crippen molar-refractivity contribution in [3.05, 3.63) is 33.3 Å². The van der Waals surface area contributed by atoms with Gasteiger partial charge in [-0.1, -0.05) is 24.6 Å². The Morgan fingerprint density at radius 1 is 1.52 bits per heavy atom. The molecule has 1 aliphatic rings. The van der Waals surface area contributed by atoms with Crippen molar-refractivity contribution in [2.45, 2.75) is 12.3 Å². The van der Waals surface area contributed by atoms with Crippen LogP contribution >= 0.6 is 39.3 Å². The van der Waals surface area contributed by atoms with Crippen molar-refractivity contribution in [3.63, 3.8) is 0 Å². The largest absolute Gasteiger partial charge is 0.320 e. The first-order valence-electron chi connectivity index (χ1n) is 6.42. The fraction of sp³-hybridized carbons (Fsp3) is 0.462. The molecule has 1 saturated heterocycles. The van der Waals surface area contributed by atoms with Crippen molar-refractivity contribution in [2.24, 2.45) is 0 Å². The summed E-state index contributed by atoms with van der Waals surface area (Å²) in [4.78, 5) is 14.1. The molecule has 1 aromatic carbocycles. The van der Waals surface area contributed by atoms with Gasteiger partial charge < -0.3 is 4.90 Å². The van der Waals surface area contributed by atoms with E-state index in [-0.39, 0.29) is 11.7 Å². The van der Waals surface area contributed by atoms with Crippen molar-refractivity contribution in [1.29, 1.82) is 0 Å². The first kappa shape index (κ1) is 17.1. The van der Waals surface area contributed by atoms with E-state index in [9.17, 15) is 13.2 Å². The van der Waals surface area contributed by atoms with Gasteiger partial charge in [-0.05, 0) is 28.1 Å².